The standard InChI is InChI=1S/C11H14N2O5/c1-7-4-3-5-9(13(16)17)10(7)12-8(6-14)11(15)18-2/h3-5,8,12,14H,6H2,1-2H3. The molecule has 98 valence electrons. The fourth-order valence-corrected chi connectivity index (χ4v) is 1.49. The smallest absolute Gasteiger partial charge is 0.330 e. The minimum atomic E-state index is -1.03. The number of hydrogen-bond acceptors (Lipinski definition) is 6. The van der Waals surface area contributed by atoms with Gasteiger partial charge in [0.25, 0.3) is 5.69 Å². The van der Waals surface area contributed by atoms with E-state index in [1.165, 1.54) is 13.2 Å². The Bertz CT molecular complexity index is 461. The minimum absolute atomic E-state index is 0.155. The lowest BCUT2D eigenvalue weighted by Crippen LogP contribution is -2.34. The number of ether oxygens (including phenoxy) is 1. The molecule has 0 aliphatic carbocycles. The zero-order valence-corrected chi connectivity index (χ0v) is 10.0. The second-order valence-corrected chi connectivity index (χ2v) is 3.63. The van der Waals surface area contributed by atoms with E-state index >= 15 is 0 Å². The van der Waals surface area contributed by atoms with Crippen LogP contribution in [-0.2, 0) is 9.53 Å². The number of aryl methyl sites for hydroxylation is 1. The Balaban J connectivity index is 3.09. The molecular formula is C11H14N2O5. The number of aliphatic hydroxyl groups excluding tert-OH is 1. The van der Waals surface area contributed by atoms with Crippen LogP contribution in [0.4, 0.5) is 11.4 Å². The lowest BCUT2D eigenvalue weighted by atomic mass is 10.1. The normalized spacial score (nSPS) is 11.7. The molecule has 2 N–H and O–H groups in total. The van der Waals surface area contributed by atoms with Gasteiger partial charge in [-0.3, -0.25) is 10.1 Å². The van der Waals surface area contributed by atoms with Crippen LogP contribution in [0.15, 0.2) is 18.2 Å². The molecule has 0 aromatic heterocycles. The van der Waals surface area contributed by atoms with Crippen molar-refractivity contribution in [3.05, 3.63) is 33.9 Å². The van der Waals surface area contributed by atoms with Crippen LogP contribution in [0.25, 0.3) is 0 Å². The van der Waals surface area contributed by atoms with Gasteiger partial charge in [0.15, 0.2) is 0 Å². The van der Waals surface area contributed by atoms with E-state index in [1.807, 2.05) is 0 Å². The lowest BCUT2D eigenvalue weighted by Gasteiger charge is -2.16. The van der Waals surface area contributed by atoms with Crippen molar-refractivity contribution in [3.8, 4) is 0 Å². The van der Waals surface area contributed by atoms with Gasteiger partial charge >= 0.3 is 5.97 Å². The van der Waals surface area contributed by atoms with Crippen molar-refractivity contribution in [2.75, 3.05) is 19.0 Å². The largest absolute Gasteiger partial charge is 0.467 e. The molecule has 1 unspecified atom stereocenters. The number of carbonyl (C=O) groups excluding carboxylic acids is 1. The van der Waals surface area contributed by atoms with E-state index < -0.39 is 23.5 Å². The molecule has 7 nitrogen and oxygen atoms in total. The van der Waals surface area contributed by atoms with Crippen molar-refractivity contribution >= 4 is 17.3 Å². The van der Waals surface area contributed by atoms with Crippen LogP contribution >= 0.6 is 0 Å². The molecule has 0 aliphatic heterocycles. The van der Waals surface area contributed by atoms with Gasteiger partial charge in [-0.15, -0.1) is 0 Å². The number of nitrogens with one attached hydrogen (secondary N) is 1. The number of methoxy groups -OCH3 is 1. The van der Waals surface area contributed by atoms with Gasteiger partial charge in [-0.05, 0) is 12.5 Å². The molecule has 7 heteroatoms. The summed E-state index contributed by atoms with van der Waals surface area (Å²) in [6.07, 6.45) is 0. The molecule has 0 amide bonds. The van der Waals surface area contributed by atoms with E-state index in [2.05, 4.69) is 10.1 Å². The molecular weight excluding hydrogens is 240 g/mol. The summed E-state index contributed by atoms with van der Waals surface area (Å²) in [7, 11) is 1.18. The summed E-state index contributed by atoms with van der Waals surface area (Å²) in [5.74, 6) is -0.685. The van der Waals surface area contributed by atoms with E-state index in [-0.39, 0.29) is 11.4 Å². The Labute approximate surface area is 104 Å². The topological polar surface area (TPSA) is 102 Å². The average molecular weight is 254 g/mol. The van der Waals surface area contributed by atoms with Gasteiger partial charge in [0.2, 0.25) is 0 Å². The third kappa shape index (κ3) is 2.95. The van der Waals surface area contributed by atoms with Gasteiger partial charge in [-0.25, -0.2) is 4.79 Å². The van der Waals surface area contributed by atoms with Gasteiger partial charge in [0, 0.05) is 6.07 Å². The number of para-hydroxylation sites is 1. The summed E-state index contributed by atoms with van der Waals surface area (Å²) >= 11 is 0. The number of anilines is 1. The third-order valence-corrected chi connectivity index (χ3v) is 2.43. The van der Waals surface area contributed by atoms with Crippen LogP contribution in [0.2, 0.25) is 0 Å². The highest BCUT2D eigenvalue weighted by Gasteiger charge is 2.23. The van der Waals surface area contributed by atoms with Gasteiger partial charge in [0.1, 0.15) is 11.7 Å². The third-order valence-electron chi connectivity index (χ3n) is 2.43. The molecule has 1 aromatic carbocycles. The highest BCUT2D eigenvalue weighted by atomic mass is 16.6. The number of benzene rings is 1. The Kier molecular flexibility index (Phi) is 4.61. The number of esters is 1. The number of carbonyl (C=O) groups is 1. The number of nitro groups is 1. The highest BCUT2D eigenvalue weighted by Crippen LogP contribution is 2.28. The van der Waals surface area contributed by atoms with Crippen LogP contribution in [0.1, 0.15) is 5.56 Å². The van der Waals surface area contributed by atoms with Crippen molar-refractivity contribution in [1.82, 2.24) is 0 Å². The zero-order valence-electron chi connectivity index (χ0n) is 10.0. The van der Waals surface area contributed by atoms with Crippen molar-refractivity contribution in [3.63, 3.8) is 0 Å². The highest BCUT2D eigenvalue weighted by molar-refractivity contribution is 5.81. The molecule has 18 heavy (non-hydrogen) atoms. The van der Waals surface area contributed by atoms with Crippen LogP contribution in [-0.4, -0.2) is 35.8 Å². The summed E-state index contributed by atoms with van der Waals surface area (Å²) in [6.45, 7) is 1.15. The van der Waals surface area contributed by atoms with Crippen molar-refractivity contribution in [2.24, 2.45) is 0 Å². The molecule has 0 bridgehead atoms. The first kappa shape index (κ1) is 13.9. The Morgan fingerprint density at radius 1 is 1.61 bits per heavy atom. The number of rotatable bonds is 5. The fraction of sp³-hybridized carbons (Fsp3) is 0.364. The second kappa shape index (κ2) is 5.97. The summed E-state index contributed by atoms with van der Waals surface area (Å²) < 4.78 is 4.48. The van der Waals surface area contributed by atoms with Crippen LogP contribution in [0, 0.1) is 17.0 Å². The summed E-state index contributed by atoms with van der Waals surface area (Å²) in [6, 6.07) is 3.50. The number of aliphatic hydroxyl groups is 1. The van der Waals surface area contributed by atoms with Crippen LogP contribution in [0.3, 0.4) is 0 Å². The van der Waals surface area contributed by atoms with E-state index in [0.29, 0.717) is 5.56 Å². The maximum absolute atomic E-state index is 11.3. The van der Waals surface area contributed by atoms with Crippen molar-refractivity contribution in [2.45, 2.75) is 13.0 Å². The van der Waals surface area contributed by atoms with E-state index in [9.17, 15) is 14.9 Å². The van der Waals surface area contributed by atoms with Gasteiger partial charge in [-0.1, -0.05) is 12.1 Å². The second-order valence-electron chi connectivity index (χ2n) is 3.63. The minimum Gasteiger partial charge on any atom is -0.467 e. The van der Waals surface area contributed by atoms with Crippen molar-refractivity contribution < 1.29 is 19.6 Å². The maximum atomic E-state index is 11.3. The maximum Gasteiger partial charge on any atom is 0.330 e. The zero-order chi connectivity index (χ0) is 13.7. The lowest BCUT2D eigenvalue weighted by molar-refractivity contribution is -0.384. The summed E-state index contributed by atoms with van der Waals surface area (Å²) in [5, 5.41) is 22.6. The van der Waals surface area contributed by atoms with E-state index in [0.717, 1.165) is 0 Å². The van der Waals surface area contributed by atoms with Gasteiger partial charge in [0.05, 0.1) is 18.6 Å². The molecule has 0 aliphatic rings. The van der Waals surface area contributed by atoms with Crippen LogP contribution in [0.5, 0.6) is 0 Å². The van der Waals surface area contributed by atoms with Crippen molar-refractivity contribution in [1.29, 1.82) is 0 Å². The van der Waals surface area contributed by atoms with Gasteiger partial charge in [-0.2, -0.15) is 0 Å². The Morgan fingerprint density at radius 3 is 2.78 bits per heavy atom. The molecule has 1 aromatic rings. The molecule has 0 spiro atoms. The molecule has 0 saturated heterocycles. The summed E-state index contributed by atoms with van der Waals surface area (Å²) in [5.41, 5.74) is 0.649. The van der Waals surface area contributed by atoms with Gasteiger partial charge < -0.3 is 15.2 Å². The monoisotopic (exact) mass is 254 g/mol. The van der Waals surface area contributed by atoms with E-state index in [4.69, 9.17) is 5.11 Å². The first-order chi connectivity index (χ1) is 8.51. The quantitative estimate of drug-likeness (QED) is 0.459. The molecule has 0 heterocycles. The first-order valence-corrected chi connectivity index (χ1v) is 5.20. The molecule has 1 atom stereocenters. The molecule has 0 radical (unpaired) electrons. The number of nitro benzene ring substituents is 1. The van der Waals surface area contributed by atoms with E-state index in [1.54, 1.807) is 19.1 Å². The van der Waals surface area contributed by atoms with Crippen LogP contribution < -0.4 is 5.32 Å². The SMILES string of the molecule is COC(=O)C(CO)Nc1c(C)cccc1[N+](=O)[O-]. The molecule has 0 fully saturated rings. The molecule has 1 rings (SSSR count). The Hall–Kier alpha value is -2.15. The fourth-order valence-electron chi connectivity index (χ4n) is 1.49. The first-order valence-electron chi connectivity index (χ1n) is 5.20. The predicted molar refractivity (Wildman–Crippen MR) is 64.3 cm³/mol. The average Bonchev–Trinajstić information content (AvgIpc) is 2.36. The number of nitrogens with zero attached hydrogens (tertiary/aromatic N) is 1. The number of hydrogen-bond donors (Lipinski definition) is 2. The predicted octanol–water partition coefficient (Wildman–Crippen LogP) is 0.849. The Morgan fingerprint density at radius 2 is 2.28 bits per heavy atom. The summed E-state index contributed by atoms with van der Waals surface area (Å²) in [4.78, 5) is 21.6. The molecule has 0 saturated carbocycles.